The lowest BCUT2D eigenvalue weighted by molar-refractivity contribution is -0.146. The van der Waals surface area contributed by atoms with Crippen molar-refractivity contribution in [2.75, 3.05) is 6.54 Å². The van der Waals surface area contributed by atoms with Gasteiger partial charge in [0.05, 0.1) is 0 Å². The van der Waals surface area contributed by atoms with Crippen molar-refractivity contribution in [1.29, 1.82) is 0 Å². The van der Waals surface area contributed by atoms with Crippen LogP contribution < -0.4 is 5.32 Å². The monoisotopic (exact) mass is 298 g/mol. The molecule has 2 atom stereocenters. The molecule has 2 amide bonds. The highest BCUT2D eigenvalue weighted by Crippen LogP contribution is 2.25. The summed E-state index contributed by atoms with van der Waals surface area (Å²) in [7, 11) is 0. The Morgan fingerprint density at radius 2 is 1.95 bits per heavy atom. The minimum atomic E-state index is -1.03. The molecule has 6 nitrogen and oxygen atoms in total. The second kappa shape index (κ2) is 6.91. The molecule has 0 bridgehead atoms. The zero-order valence-electron chi connectivity index (χ0n) is 13.3. The summed E-state index contributed by atoms with van der Waals surface area (Å²) in [5.74, 6) is -1.45. The maximum Gasteiger partial charge on any atom is 0.326 e. The summed E-state index contributed by atoms with van der Waals surface area (Å²) in [6.07, 6.45) is 2.42. The molecular weight excluding hydrogens is 272 g/mol. The van der Waals surface area contributed by atoms with Crippen molar-refractivity contribution < 1.29 is 19.5 Å². The molecule has 120 valence electrons. The van der Waals surface area contributed by atoms with Gasteiger partial charge in [-0.15, -0.1) is 0 Å². The minimum Gasteiger partial charge on any atom is -0.480 e. The van der Waals surface area contributed by atoms with Crippen LogP contribution in [0.2, 0.25) is 0 Å². The Kier molecular flexibility index (Phi) is 5.75. The lowest BCUT2D eigenvalue weighted by Gasteiger charge is -2.30. The van der Waals surface area contributed by atoms with Crippen molar-refractivity contribution in [2.24, 2.45) is 5.41 Å². The van der Waals surface area contributed by atoms with E-state index in [2.05, 4.69) is 5.32 Å². The predicted octanol–water partition coefficient (Wildman–Crippen LogP) is 1.39. The van der Waals surface area contributed by atoms with E-state index in [0.29, 0.717) is 25.8 Å². The highest BCUT2D eigenvalue weighted by atomic mass is 16.4. The molecule has 1 fully saturated rings. The van der Waals surface area contributed by atoms with Gasteiger partial charge in [-0.3, -0.25) is 9.59 Å². The van der Waals surface area contributed by atoms with Gasteiger partial charge in [-0.05, 0) is 19.3 Å². The zero-order chi connectivity index (χ0) is 16.2. The second-order valence-corrected chi connectivity index (χ2v) is 6.59. The van der Waals surface area contributed by atoms with Crippen LogP contribution in [0.25, 0.3) is 0 Å². The number of carboxylic acids is 1. The third-order valence-electron chi connectivity index (χ3n) is 3.65. The summed E-state index contributed by atoms with van der Waals surface area (Å²) in [6.45, 7) is 7.88. The van der Waals surface area contributed by atoms with Gasteiger partial charge >= 0.3 is 5.97 Å². The highest BCUT2D eigenvalue weighted by Gasteiger charge is 2.39. The van der Waals surface area contributed by atoms with Crippen molar-refractivity contribution in [3.8, 4) is 0 Å². The van der Waals surface area contributed by atoms with Crippen molar-refractivity contribution in [3.05, 3.63) is 0 Å². The van der Waals surface area contributed by atoms with Crippen molar-refractivity contribution in [2.45, 2.75) is 65.5 Å². The van der Waals surface area contributed by atoms with Crippen LogP contribution >= 0.6 is 0 Å². The fraction of sp³-hybridized carbons (Fsp3) is 0.800. The van der Waals surface area contributed by atoms with Gasteiger partial charge in [0.25, 0.3) is 0 Å². The van der Waals surface area contributed by atoms with E-state index in [1.165, 1.54) is 0 Å². The minimum absolute atomic E-state index is 0.0671. The molecule has 0 spiro atoms. The first-order valence-electron chi connectivity index (χ1n) is 7.52. The van der Waals surface area contributed by atoms with Gasteiger partial charge in [0, 0.05) is 12.0 Å². The lowest BCUT2D eigenvalue weighted by Crippen LogP contribution is -2.52. The molecule has 0 aliphatic carbocycles. The summed E-state index contributed by atoms with van der Waals surface area (Å²) in [5, 5.41) is 11.7. The topological polar surface area (TPSA) is 86.7 Å². The fourth-order valence-corrected chi connectivity index (χ4v) is 2.53. The van der Waals surface area contributed by atoms with E-state index in [1.807, 2.05) is 27.7 Å². The number of likely N-dealkylation sites (tertiary alicyclic amines) is 1. The number of carboxylic acid groups (broad SMARTS) is 1. The number of nitrogens with one attached hydrogen (secondary N) is 1. The van der Waals surface area contributed by atoms with E-state index in [1.54, 1.807) is 4.90 Å². The van der Waals surface area contributed by atoms with Crippen LogP contribution in [0, 0.1) is 5.41 Å². The average Bonchev–Trinajstić information content (AvgIpc) is 2.84. The quantitative estimate of drug-likeness (QED) is 0.803. The summed E-state index contributed by atoms with van der Waals surface area (Å²) in [6, 6.07) is -1.43. The van der Waals surface area contributed by atoms with Crippen LogP contribution in [0.3, 0.4) is 0 Å². The van der Waals surface area contributed by atoms with Crippen LogP contribution in [0.4, 0.5) is 0 Å². The first kappa shape index (κ1) is 17.5. The summed E-state index contributed by atoms with van der Waals surface area (Å²) in [5.41, 5.74) is -0.543. The fourth-order valence-electron chi connectivity index (χ4n) is 2.53. The van der Waals surface area contributed by atoms with E-state index in [-0.39, 0.29) is 11.8 Å². The smallest absolute Gasteiger partial charge is 0.326 e. The molecule has 0 aromatic rings. The normalized spacial score (nSPS) is 20.2. The van der Waals surface area contributed by atoms with Gasteiger partial charge in [0.1, 0.15) is 12.1 Å². The van der Waals surface area contributed by atoms with Gasteiger partial charge in [-0.2, -0.15) is 0 Å². The Balaban J connectivity index is 2.76. The van der Waals surface area contributed by atoms with Crippen LogP contribution in [0.15, 0.2) is 0 Å². The van der Waals surface area contributed by atoms with E-state index in [9.17, 15) is 14.4 Å². The highest BCUT2D eigenvalue weighted by molar-refractivity contribution is 5.92. The van der Waals surface area contributed by atoms with E-state index >= 15 is 0 Å². The van der Waals surface area contributed by atoms with Crippen LogP contribution in [-0.2, 0) is 14.4 Å². The van der Waals surface area contributed by atoms with E-state index in [4.69, 9.17) is 5.11 Å². The Hall–Kier alpha value is -1.59. The number of nitrogens with zero attached hydrogens (tertiary/aromatic N) is 1. The molecule has 0 aromatic heterocycles. The molecule has 1 aliphatic heterocycles. The van der Waals surface area contributed by atoms with Gasteiger partial charge in [0.2, 0.25) is 11.8 Å². The summed E-state index contributed by atoms with van der Waals surface area (Å²) in [4.78, 5) is 37.4. The molecule has 6 heteroatoms. The maximum atomic E-state index is 12.4. The SMILES string of the molecule is CCCC(NC(=O)C1CCCN1C(=O)C(C)(C)C)C(=O)O. The molecule has 0 radical (unpaired) electrons. The molecule has 2 unspecified atom stereocenters. The van der Waals surface area contributed by atoms with Crippen molar-refractivity contribution >= 4 is 17.8 Å². The Bertz CT molecular complexity index is 414. The first-order chi connectivity index (χ1) is 9.68. The lowest BCUT2D eigenvalue weighted by atomic mass is 9.94. The third kappa shape index (κ3) is 4.44. The van der Waals surface area contributed by atoms with Gasteiger partial charge in [-0.25, -0.2) is 4.79 Å². The van der Waals surface area contributed by atoms with E-state index < -0.39 is 23.5 Å². The maximum absolute atomic E-state index is 12.4. The molecule has 1 saturated heterocycles. The zero-order valence-corrected chi connectivity index (χ0v) is 13.3. The number of rotatable bonds is 5. The molecule has 0 aromatic carbocycles. The number of carbonyl (C=O) groups excluding carboxylic acids is 2. The van der Waals surface area contributed by atoms with Gasteiger partial charge in [0.15, 0.2) is 0 Å². The number of aliphatic carboxylic acids is 1. The van der Waals surface area contributed by atoms with Crippen LogP contribution in [-0.4, -0.2) is 46.4 Å². The number of amides is 2. The molecule has 1 aliphatic rings. The van der Waals surface area contributed by atoms with Crippen LogP contribution in [0.1, 0.15) is 53.4 Å². The molecule has 0 saturated carbocycles. The number of hydrogen-bond donors (Lipinski definition) is 2. The summed E-state index contributed by atoms with van der Waals surface area (Å²) >= 11 is 0. The Morgan fingerprint density at radius 1 is 1.33 bits per heavy atom. The summed E-state index contributed by atoms with van der Waals surface area (Å²) < 4.78 is 0. The average molecular weight is 298 g/mol. The molecule has 1 heterocycles. The van der Waals surface area contributed by atoms with Crippen molar-refractivity contribution in [3.63, 3.8) is 0 Å². The second-order valence-electron chi connectivity index (χ2n) is 6.59. The first-order valence-corrected chi connectivity index (χ1v) is 7.52. The molecule has 1 rings (SSSR count). The Morgan fingerprint density at radius 3 is 2.43 bits per heavy atom. The van der Waals surface area contributed by atoms with E-state index in [0.717, 1.165) is 6.42 Å². The van der Waals surface area contributed by atoms with Gasteiger partial charge < -0.3 is 15.3 Å². The Labute approximate surface area is 125 Å². The van der Waals surface area contributed by atoms with Gasteiger partial charge in [-0.1, -0.05) is 34.1 Å². The van der Waals surface area contributed by atoms with Crippen molar-refractivity contribution in [1.82, 2.24) is 10.2 Å². The number of carbonyl (C=O) groups is 3. The molecular formula is C15H26N2O4. The largest absolute Gasteiger partial charge is 0.480 e. The standard InChI is InChI=1S/C15H26N2O4/c1-5-7-10(13(19)20)16-12(18)11-8-6-9-17(11)14(21)15(2,3)4/h10-11H,5-9H2,1-4H3,(H,16,18)(H,19,20). The molecule has 2 N–H and O–H groups in total. The third-order valence-corrected chi connectivity index (χ3v) is 3.65. The molecule has 21 heavy (non-hydrogen) atoms. The predicted molar refractivity (Wildman–Crippen MR) is 78.7 cm³/mol. The van der Waals surface area contributed by atoms with Crippen LogP contribution in [0.5, 0.6) is 0 Å². The number of hydrogen-bond acceptors (Lipinski definition) is 3.